The number of imidazole rings is 2. The van der Waals surface area contributed by atoms with Crippen molar-refractivity contribution in [3.63, 3.8) is 0 Å². The van der Waals surface area contributed by atoms with E-state index in [1.165, 1.54) is 13.2 Å². The zero-order chi connectivity index (χ0) is 41.9. The number of methoxy groups -OCH3 is 1. The van der Waals surface area contributed by atoms with Crippen molar-refractivity contribution in [2.75, 3.05) is 20.2 Å². The number of carbonyl (C=O) groups is 4. The van der Waals surface area contributed by atoms with E-state index < -0.39 is 24.0 Å². The van der Waals surface area contributed by atoms with Crippen LogP contribution in [0.5, 0.6) is 0 Å². The van der Waals surface area contributed by atoms with Crippen LogP contribution in [0.15, 0.2) is 91.4 Å². The maximum absolute atomic E-state index is 15.9. The molecule has 2 saturated heterocycles. The highest BCUT2D eigenvalue weighted by molar-refractivity contribution is 5.88. The highest BCUT2D eigenvalue weighted by Gasteiger charge is 2.38. The van der Waals surface area contributed by atoms with Gasteiger partial charge in [0.1, 0.15) is 29.5 Å². The second-order valence-electron chi connectivity index (χ2n) is 15.6. The van der Waals surface area contributed by atoms with E-state index in [1.54, 1.807) is 34.5 Å². The Bertz CT molecular complexity index is 2540. The fourth-order valence-electron chi connectivity index (χ4n) is 8.36. The van der Waals surface area contributed by atoms with Gasteiger partial charge in [0.25, 0.3) is 0 Å². The fourth-order valence-corrected chi connectivity index (χ4v) is 8.36. The Labute approximate surface area is 346 Å². The van der Waals surface area contributed by atoms with Gasteiger partial charge < -0.3 is 35.1 Å². The first-order valence-electron chi connectivity index (χ1n) is 20.1. The largest absolute Gasteiger partial charge is 0.453 e. The fraction of sp³-hybridized carbons (Fsp3) is 0.311. The summed E-state index contributed by atoms with van der Waals surface area (Å²) in [6.45, 7) is 4.82. The Morgan fingerprint density at radius 1 is 0.800 bits per heavy atom. The Hall–Kier alpha value is -6.90. The molecule has 15 heteroatoms. The highest BCUT2D eigenvalue weighted by Crippen LogP contribution is 2.36. The number of ether oxygens (including phenoxy) is 1. The van der Waals surface area contributed by atoms with Gasteiger partial charge in [0.05, 0.1) is 48.5 Å². The molecule has 2 aliphatic rings. The highest BCUT2D eigenvalue weighted by atomic mass is 19.1. The number of pyridine rings is 1. The molecule has 0 bridgehead atoms. The third-order valence-corrected chi connectivity index (χ3v) is 11.5. The minimum absolute atomic E-state index is 0.151. The van der Waals surface area contributed by atoms with Gasteiger partial charge in [-0.1, -0.05) is 68.4 Å². The molecule has 308 valence electrons. The molecule has 4 atom stereocenters. The maximum atomic E-state index is 15.9. The number of nitrogens with zero attached hydrogens (tertiary/aromatic N) is 5. The van der Waals surface area contributed by atoms with Crippen molar-refractivity contribution in [1.29, 1.82) is 0 Å². The molecule has 4 N–H and O–H groups in total. The van der Waals surface area contributed by atoms with E-state index in [1.807, 2.05) is 74.5 Å². The van der Waals surface area contributed by atoms with Gasteiger partial charge in [-0.2, -0.15) is 0 Å². The van der Waals surface area contributed by atoms with Crippen molar-refractivity contribution in [3.05, 3.63) is 114 Å². The van der Waals surface area contributed by atoms with Crippen LogP contribution in [0.2, 0.25) is 0 Å². The van der Waals surface area contributed by atoms with Crippen LogP contribution in [-0.2, 0) is 19.1 Å². The normalized spacial score (nSPS) is 17.5. The number of fused-ring (bicyclic) bond motifs is 1. The number of hydrogen-bond acceptors (Lipinski definition) is 8. The Balaban J connectivity index is 0.961. The average molecular weight is 812 g/mol. The number of alkyl carbamates (subject to hydrolysis) is 1. The van der Waals surface area contributed by atoms with E-state index in [9.17, 15) is 19.2 Å². The Kier molecular flexibility index (Phi) is 11.4. The number of halogens is 1. The molecule has 0 unspecified atom stereocenters. The number of amides is 4. The summed E-state index contributed by atoms with van der Waals surface area (Å²) in [7, 11) is 1.26. The Morgan fingerprint density at radius 3 is 2.08 bits per heavy atom. The van der Waals surface area contributed by atoms with Crippen LogP contribution in [0.25, 0.3) is 44.5 Å². The summed E-state index contributed by atoms with van der Waals surface area (Å²) < 4.78 is 20.6. The van der Waals surface area contributed by atoms with Crippen molar-refractivity contribution in [1.82, 2.24) is 45.4 Å². The number of hydrogen-bond donors (Lipinski definition) is 4. The molecule has 2 fully saturated rings. The number of carbonyl (C=O) groups excluding carboxylic acids is 4. The van der Waals surface area contributed by atoms with Gasteiger partial charge in [-0.25, -0.2) is 19.2 Å². The zero-order valence-electron chi connectivity index (χ0n) is 33.5. The number of nitrogens with one attached hydrogen (secondary N) is 4. The van der Waals surface area contributed by atoms with Gasteiger partial charge in [0.2, 0.25) is 18.2 Å². The van der Waals surface area contributed by atoms with Crippen LogP contribution in [0.1, 0.15) is 74.9 Å². The lowest BCUT2D eigenvalue weighted by Gasteiger charge is -2.30. The molecule has 3 aromatic heterocycles. The summed E-state index contributed by atoms with van der Waals surface area (Å²) in [6, 6.07) is 19.7. The lowest BCUT2D eigenvalue weighted by Crippen LogP contribution is -2.51. The molecule has 14 nitrogen and oxygen atoms in total. The van der Waals surface area contributed by atoms with Gasteiger partial charge >= 0.3 is 6.09 Å². The van der Waals surface area contributed by atoms with E-state index in [0.29, 0.717) is 71.0 Å². The van der Waals surface area contributed by atoms with Crippen molar-refractivity contribution >= 4 is 35.2 Å². The smallest absolute Gasteiger partial charge is 0.407 e. The van der Waals surface area contributed by atoms with Crippen LogP contribution in [0.4, 0.5) is 9.18 Å². The first-order chi connectivity index (χ1) is 29.1. The zero-order valence-corrected chi connectivity index (χ0v) is 33.5. The van der Waals surface area contributed by atoms with Gasteiger partial charge in [-0.05, 0) is 60.9 Å². The molecule has 5 heterocycles. The monoisotopic (exact) mass is 811 g/mol. The summed E-state index contributed by atoms with van der Waals surface area (Å²) in [4.78, 5) is 74.9. The molecule has 0 saturated carbocycles. The molecule has 8 rings (SSSR count). The predicted molar refractivity (Wildman–Crippen MR) is 222 cm³/mol. The summed E-state index contributed by atoms with van der Waals surface area (Å²) >= 11 is 0. The third kappa shape index (κ3) is 7.94. The second kappa shape index (κ2) is 17.1. The van der Waals surface area contributed by atoms with Gasteiger partial charge in [0.15, 0.2) is 0 Å². The molecule has 60 heavy (non-hydrogen) atoms. The number of H-pyrrole nitrogens is 2. The molecule has 4 amide bonds. The number of likely N-dealkylation sites (tertiary alicyclic amines) is 2. The topological polar surface area (TPSA) is 178 Å². The van der Waals surface area contributed by atoms with Crippen LogP contribution in [0.3, 0.4) is 0 Å². The minimum atomic E-state index is -0.791. The molecule has 0 spiro atoms. The molecular weight excluding hydrogens is 766 g/mol. The van der Waals surface area contributed by atoms with Crippen molar-refractivity contribution in [2.24, 2.45) is 5.92 Å². The van der Waals surface area contributed by atoms with Crippen LogP contribution in [-0.4, -0.2) is 85.3 Å². The molecule has 0 radical (unpaired) electrons. The number of aromatic amines is 2. The van der Waals surface area contributed by atoms with Gasteiger partial charge in [-0.15, -0.1) is 0 Å². The van der Waals surface area contributed by atoms with Crippen LogP contribution < -0.4 is 10.6 Å². The second-order valence-corrected chi connectivity index (χ2v) is 15.6. The van der Waals surface area contributed by atoms with Gasteiger partial charge in [-0.3, -0.25) is 19.4 Å². The minimum Gasteiger partial charge on any atom is -0.453 e. The summed E-state index contributed by atoms with van der Waals surface area (Å²) in [5.74, 6) is 0.312. The lowest BCUT2D eigenvalue weighted by atomic mass is 10.00. The van der Waals surface area contributed by atoms with Crippen molar-refractivity contribution in [3.8, 4) is 33.6 Å². The van der Waals surface area contributed by atoms with E-state index in [2.05, 4.69) is 30.6 Å². The van der Waals surface area contributed by atoms with Crippen LogP contribution in [0, 0.1) is 11.7 Å². The maximum Gasteiger partial charge on any atom is 0.407 e. The Morgan fingerprint density at radius 2 is 1.45 bits per heavy atom. The molecule has 6 aromatic rings. The van der Waals surface area contributed by atoms with Gasteiger partial charge in [0, 0.05) is 41.4 Å². The number of rotatable bonds is 12. The summed E-state index contributed by atoms with van der Waals surface area (Å²) in [6.07, 6.45) is 8.06. The summed E-state index contributed by atoms with van der Waals surface area (Å²) in [5, 5.41) is 6.21. The first kappa shape index (κ1) is 39.9. The predicted octanol–water partition coefficient (Wildman–Crippen LogP) is 7.02. The lowest BCUT2D eigenvalue weighted by molar-refractivity contribution is -0.136. The summed E-state index contributed by atoms with van der Waals surface area (Å²) in [5.41, 5.74) is 5.29. The molecule has 2 aliphatic heterocycles. The molecule has 0 aliphatic carbocycles. The van der Waals surface area contributed by atoms with E-state index in [4.69, 9.17) is 9.72 Å². The van der Waals surface area contributed by atoms with Crippen molar-refractivity contribution in [2.45, 2.75) is 63.7 Å². The number of benzene rings is 3. The standard InChI is InChI=1S/C45H46FN9O5/c1-26(2)39(53-45(59)60-3)43(57)54-17-7-11-37(54)41-48-23-35(51-41)30-15-16-32(33(46)20-30)28-13-14-29-19-31(22-47-34(29)21-28)36-24-49-42(52-36)38-12-8-18-55(38)44(58)40(50-25-56)27-9-5-4-6-10-27/h4-6,9-10,13-16,19-26,37-40H,7-8,11-12,17-18H2,1-3H3,(H,48,51)(H,49,52)(H,50,56)(H,53,59)/t37-,38-,39-,40+/m0/s1. The number of aromatic nitrogens is 5. The van der Waals surface area contributed by atoms with E-state index >= 15 is 4.39 Å². The molecular formula is C45H46FN9O5. The first-order valence-corrected chi connectivity index (χ1v) is 20.1. The average Bonchev–Trinajstić information content (AvgIpc) is 4.11. The van der Waals surface area contributed by atoms with Crippen molar-refractivity contribution < 1.29 is 28.3 Å². The third-order valence-electron chi connectivity index (χ3n) is 11.5. The SMILES string of the molecule is COC(=O)N[C@H](C(=O)N1CCC[C@H]1c1ncc(-c2ccc(-c3ccc4cc(-c5cnc([C@@H]6CCCN6C(=O)[C@H](NC=O)c6ccccc6)[nH]5)cnc4c3)c(F)c2)[nH]1)C(C)C. The van der Waals surface area contributed by atoms with E-state index in [-0.39, 0.29) is 29.8 Å². The van der Waals surface area contributed by atoms with E-state index in [0.717, 1.165) is 35.9 Å². The quantitative estimate of drug-likeness (QED) is 0.0954. The molecule has 3 aromatic carbocycles. The van der Waals surface area contributed by atoms with Crippen LogP contribution >= 0.6 is 0 Å².